The van der Waals surface area contributed by atoms with Gasteiger partial charge >= 0.3 is 0 Å². The molecule has 0 radical (unpaired) electrons. The van der Waals surface area contributed by atoms with Gasteiger partial charge in [-0.2, -0.15) is 0 Å². The fraction of sp³-hybridized carbons (Fsp3) is 0.500. The number of benzene rings is 1. The van der Waals surface area contributed by atoms with E-state index in [-0.39, 0.29) is 11.8 Å². The molecule has 2 rings (SSSR count). The molecular weight excluding hydrogens is 266 g/mol. The minimum atomic E-state index is -0.0852. The summed E-state index contributed by atoms with van der Waals surface area (Å²) < 4.78 is 0. The average molecular weight is 289 g/mol. The molecular formula is C16H23N3O2. The molecule has 5 heteroatoms. The third kappa shape index (κ3) is 5.55. The van der Waals surface area contributed by atoms with Crippen LogP contribution in [-0.2, 0) is 16.1 Å². The lowest BCUT2D eigenvalue weighted by atomic mass is 9.94. The molecule has 0 atom stereocenters. The summed E-state index contributed by atoms with van der Waals surface area (Å²) in [7, 11) is 0. The largest absolute Gasteiger partial charge is 0.352 e. The van der Waals surface area contributed by atoms with Crippen LogP contribution in [0.1, 0.15) is 31.7 Å². The standard InChI is InChI=1S/C16H23N3O2/c1-12(20)19-15-4-2-14(3-5-15)11-18-16(21)10-13-6-8-17-9-7-13/h2-5,13,17H,6-11H2,1H3,(H,18,21)(H,19,20). The van der Waals surface area contributed by atoms with Gasteiger partial charge in [0.25, 0.3) is 0 Å². The lowest BCUT2D eigenvalue weighted by Gasteiger charge is -2.21. The highest BCUT2D eigenvalue weighted by Gasteiger charge is 2.16. The summed E-state index contributed by atoms with van der Waals surface area (Å²) >= 11 is 0. The lowest BCUT2D eigenvalue weighted by Crippen LogP contribution is -2.32. The first-order valence-corrected chi connectivity index (χ1v) is 7.47. The Morgan fingerprint density at radius 2 is 1.86 bits per heavy atom. The number of rotatable bonds is 5. The van der Waals surface area contributed by atoms with E-state index in [4.69, 9.17) is 0 Å². The Morgan fingerprint density at radius 3 is 2.48 bits per heavy atom. The number of carbonyl (C=O) groups is 2. The summed E-state index contributed by atoms with van der Waals surface area (Å²) in [5, 5.41) is 8.98. The number of anilines is 1. The van der Waals surface area contributed by atoms with E-state index >= 15 is 0 Å². The SMILES string of the molecule is CC(=O)Nc1ccc(CNC(=O)CC2CCNCC2)cc1. The minimum absolute atomic E-state index is 0.0852. The Balaban J connectivity index is 1.74. The van der Waals surface area contributed by atoms with Crippen LogP contribution < -0.4 is 16.0 Å². The molecule has 0 spiro atoms. The van der Waals surface area contributed by atoms with Gasteiger partial charge in [0.15, 0.2) is 0 Å². The highest BCUT2D eigenvalue weighted by atomic mass is 16.2. The maximum Gasteiger partial charge on any atom is 0.221 e. The molecule has 0 unspecified atom stereocenters. The fourth-order valence-electron chi connectivity index (χ4n) is 2.53. The summed E-state index contributed by atoms with van der Waals surface area (Å²) in [4.78, 5) is 22.8. The highest BCUT2D eigenvalue weighted by Crippen LogP contribution is 2.15. The summed E-state index contributed by atoms with van der Waals surface area (Å²) in [5.74, 6) is 0.541. The van der Waals surface area contributed by atoms with Crippen molar-refractivity contribution in [2.24, 2.45) is 5.92 Å². The molecule has 1 aliphatic rings. The van der Waals surface area contributed by atoms with Crippen molar-refractivity contribution in [2.75, 3.05) is 18.4 Å². The van der Waals surface area contributed by atoms with Crippen LogP contribution in [0, 0.1) is 5.92 Å². The highest BCUT2D eigenvalue weighted by molar-refractivity contribution is 5.88. The van der Waals surface area contributed by atoms with Gasteiger partial charge in [0.2, 0.25) is 11.8 Å². The van der Waals surface area contributed by atoms with Crippen molar-refractivity contribution in [3.8, 4) is 0 Å². The van der Waals surface area contributed by atoms with Crippen LogP contribution in [0.4, 0.5) is 5.69 Å². The van der Waals surface area contributed by atoms with E-state index in [0.717, 1.165) is 37.2 Å². The number of carbonyl (C=O) groups excluding carboxylic acids is 2. The second-order valence-electron chi connectivity index (χ2n) is 5.55. The molecule has 1 fully saturated rings. The Hall–Kier alpha value is -1.88. The average Bonchev–Trinajstić information content (AvgIpc) is 2.47. The topological polar surface area (TPSA) is 70.2 Å². The molecule has 3 N–H and O–H groups in total. The molecule has 0 saturated carbocycles. The lowest BCUT2D eigenvalue weighted by molar-refractivity contribution is -0.122. The molecule has 1 saturated heterocycles. The molecule has 2 amide bonds. The van der Waals surface area contributed by atoms with E-state index < -0.39 is 0 Å². The number of hydrogen-bond donors (Lipinski definition) is 3. The zero-order valence-corrected chi connectivity index (χ0v) is 12.4. The molecule has 0 bridgehead atoms. The summed E-state index contributed by atoms with van der Waals surface area (Å²) in [5.41, 5.74) is 1.80. The normalized spacial score (nSPS) is 15.5. The smallest absolute Gasteiger partial charge is 0.221 e. The van der Waals surface area contributed by atoms with Crippen LogP contribution in [0.25, 0.3) is 0 Å². The summed E-state index contributed by atoms with van der Waals surface area (Å²) in [6.07, 6.45) is 2.78. The number of piperidine rings is 1. The van der Waals surface area contributed by atoms with Gasteiger partial charge in [-0.3, -0.25) is 9.59 Å². The zero-order chi connectivity index (χ0) is 15.1. The fourth-order valence-corrected chi connectivity index (χ4v) is 2.53. The Labute approximate surface area is 125 Å². The molecule has 114 valence electrons. The molecule has 0 aliphatic carbocycles. The molecule has 5 nitrogen and oxygen atoms in total. The van der Waals surface area contributed by atoms with E-state index in [2.05, 4.69) is 16.0 Å². The van der Waals surface area contributed by atoms with Crippen molar-refractivity contribution in [1.82, 2.24) is 10.6 Å². The van der Waals surface area contributed by atoms with E-state index in [1.807, 2.05) is 24.3 Å². The van der Waals surface area contributed by atoms with E-state index in [0.29, 0.717) is 18.9 Å². The second-order valence-corrected chi connectivity index (χ2v) is 5.55. The van der Waals surface area contributed by atoms with Crippen molar-refractivity contribution < 1.29 is 9.59 Å². The summed E-state index contributed by atoms with van der Waals surface area (Å²) in [6, 6.07) is 7.51. The van der Waals surface area contributed by atoms with Crippen LogP contribution in [0.3, 0.4) is 0 Å². The van der Waals surface area contributed by atoms with Gasteiger partial charge < -0.3 is 16.0 Å². The Bertz CT molecular complexity index is 479. The zero-order valence-electron chi connectivity index (χ0n) is 12.4. The van der Waals surface area contributed by atoms with Crippen LogP contribution in [0.15, 0.2) is 24.3 Å². The van der Waals surface area contributed by atoms with E-state index in [9.17, 15) is 9.59 Å². The van der Waals surface area contributed by atoms with E-state index in [1.54, 1.807) is 0 Å². The maximum atomic E-state index is 11.9. The van der Waals surface area contributed by atoms with Crippen molar-refractivity contribution >= 4 is 17.5 Å². The molecule has 0 aromatic heterocycles. The molecule has 1 aromatic carbocycles. The van der Waals surface area contributed by atoms with Gasteiger partial charge in [-0.15, -0.1) is 0 Å². The second kappa shape index (κ2) is 7.78. The van der Waals surface area contributed by atoms with E-state index in [1.165, 1.54) is 6.92 Å². The van der Waals surface area contributed by atoms with Gasteiger partial charge in [-0.1, -0.05) is 12.1 Å². The van der Waals surface area contributed by atoms with Gasteiger partial charge in [-0.25, -0.2) is 0 Å². The van der Waals surface area contributed by atoms with Crippen molar-refractivity contribution in [1.29, 1.82) is 0 Å². The first kappa shape index (κ1) is 15.5. The Morgan fingerprint density at radius 1 is 1.19 bits per heavy atom. The summed E-state index contributed by atoms with van der Waals surface area (Å²) in [6.45, 7) is 4.05. The predicted octanol–water partition coefficient (Wildman–Crippen LogP) is 1.65. The predicted molar refractivity (Wildman–Crippen MR) is 82.8 cm³/mol. The molecule has 21 heavy (non-hydrogen) atoms. The van der Waals surface area contributed by atoms with Crippen LogP contribution in [0.5, 0.6) is 0 Å². The third-order valence-corrected chi connectivity index (χ3v) is 3.70. The van der Waals surface area contributed by atoms with Crippen LogP contribution >= 0.6 is 0 Å². The van der Waals surface area contributed by atoms with Crippen molar-refractivity contribution in [3.63, 3.8) is 0 Å². The van der Waals surface area contributed by atoms with Crippen LogP contribution in [0.2, 0.25) is 0 Å². The van der Waals surface area contributed by atoms with Gasteiger partial charge in [0.05, 0.1) is 0 Å². The quantitative estimate of drug-likeness (QED) is 0.772. The third-order valence-electron chi connectivity index (χ3n) is 3.70. The number of nitrogens with one attached hydrogen (secondary N) is 3. The number of amides is 2. The molecule has 1 aromatic rings. The molecule has 1 aliphatic heterocycles. The monoisotopic (exact) mass is 289 g/mol. The van der Waals surface area contributed by atoms with Crippen molar-refractivity contribution in [3.05, 3.63) is 29.8 Å². The van der Waals surface area contributed by atoms with Crippen molar-refractivity contribution in [2.45, 2.75) is 32.7 Å². The maximum absolute atomic E-state index is 11.9. The van der Waals surface area contributed by atoms with Gasteiger partial charge in [0, 0.05) is 25.6 Å². The number of hydrogen-bond acceptors (Lipinski definition) is 3. The van der Waals surface area contributed by atoms with Gasteiger partial charge in [0.1, 0.15) is 0 Å². The van der Waals surface area contributed by atoms with Gasteiger partial charge in [-0.05, 0) is 49.5 Å². The first-order valence-electron chi connectivity index (χ1n) is 7.47. The Kier molecular flexibility index (Phi) is 5.75. The van der Waals surface area contributed by atoms with Crippen LogP contribution in [-0.4, -0.2) is 24.9 Å². The first-order chi connectivity index (χ1) is 10.1. The minimum Gasteiger partial charge on any atom is -0.352 e. The molecule has 1 heterocycles.